The van der Waals surface area contributed by atoms with Crippen LogP contribution < -0.4 is 10.6 Å². The summed E-state index contributed by atoms with van der Waals surface area (Å²) in [5.74, 6) is 0.186. The number of rotatable bonds is 3. The van der Waals surface area contributed by atoms with E-state index in [1.807, 2.05) is 42.5 Å². The van der Waals surface area contributed by atoms with Crippen LogP contribution in [0.3, 0.4) is 0 Å². The van der Waals surface area contributed by atoms with E-state index in [2.05, 4.69) is 5.10 Å². The second-order valence-electron chi connectivity index (χ2n) is 5.21. The van der Waals surface area contributed by atoms with Gasteiger partial charge in [0.05, 0.1) is 6.20 Å². The van der Waals surface area contributed by atoms with Gasteiger partial charge in [0.15, 0.2) is 0 Å². The lowest BCUT2D eigenvalue weighted by Crippen LogP contribution is -2.36. The fourth-order valence-corrected chi connectivity index (χ4v) is 2.67. The summed E-state index contributed by atoms with van der Waals surface area (Å²) in [4.78, 5) is 14.0. The summed E-state index contributed by atoms with van der Waals surface area (Å²) >= 11 is 0. The number of carbonyl (C=O) groups is 1. The molecule has 1 aliphatic heterocycles. The maximum absolute atomic E-state index is 12.1. The molecule has 5 nitrogen and oxygen atoms in total. The molecule has 0 unspecified atom stereocenters. The number of aromatic nitrogens is 2. The summed E-state index contributed by atoms with van der Waals surface area (Å²) in [7, 11) is 1.90. The molecule has 0 saturated carbocycles. The molecular formula is C15H18N4O. The Labute approximate surface area is 118 Å². The number of benzene rings is 1. The van der Waals surface area contributed by atoms with Crippen LogP contribution in [0.4, 0.5) is 11.4 Å². The molecule has 0 saturated heterocycles. The number of carbonyl (C=O) groups excluding carboxylic acids is 1. The van der Waals surface area contributed by atoms with Crippen molar-refractivity contribution in [1.82, 2.24) is 9.78 Å². The van der Waals surface area contributed by atoms with E-state index in [1.165, 1.54) is 0 Å². The summed E-state index contributed by atoms with van der Waals surface area (Å²) in [5, 5.41) is 4.15. The van der Waals surface area contributed by atoms with E-state index in [4.69, 9.17) is 5.73 Å². The van der Waals surface area contributed by atoms with Gasteiger partial charge in [0.2, 0.25) is 5.91 Å². The van der Waals surface area contributed by atoms with E-state index >= 15 is 0 Å². The van der Waals surface area contributed by atoms with Gasteiger partial charge in [0, 0.05) is 37.6 Å². The van der Waals surface area contributed by atoms with Gasteiger partial charge in [-0.25, -0.2) is 0 Å². The lowest BCUT2D eigenvalue weighted by atomic mass is 10.00. The van der Waals surface area contributed by atoms with Crippen molar-refractivity contribution in [3.8, 4) is 0 Å². The van der Waals surface area contributed by atoms with E-state index < -0.39 is 0 Å². The number of amides is 1. The van der Waals surface area contributed by atoms with Crippen LogP contribution in [0.25, 0.3) is 0 Å². The molecule has 1 aliphatic rings. The number of hydrogen-bond donors (Lipinski definition) is 1. The second-order valence-corrected chi connectivity index (χ2v) is 5.21. The molecule has 104 valence electrons. The molecule has 1 amide bonds. The van der Waals surface area contributed by atoms with Gasteiger partial charge < -0.3 is 10.6 Å². The van der Waals surface area contributed by atoms with E-state index in [0.717, 1.165) is 35.3 Å². The van der Waals surface area contributed by atoms with Gasteiger partial charge in [0.25, 0.3) is 0 Å². The summed E-state index contributed by atoms with van der Waals surface area (Å²) in [5.41, 5.74) is 9.87. The van der Waals surface area contributed by atoms with Crippen molar-refractivity contribution < 1.29 is 4.79 Å². The molecule has 1 aromatic heterocycles. The summed E-state index contributed by atoms with van der Waals surface area (Å²) in [6, 6.07) is 5.78. The zero-order valence-corrected chi connectivity index (χ0v) is 11.5. The van der Waals surface area contributed by atoms with Crippen LogP contribution in [0, 0.1) is 0 Å². The summed E-state index contributed by atoms with van der Waals surface area (Å²) in [6.45, 7) is 0.682. The number of nitrogen functional groups attached to an aromatic ring is 1. The van der Waals surface area contributed by atoms with E-state index in [1.54, 1.807) is 4.68 Å². The molecule has 0 spiro atoms. The van der Waals surface area contributed by atoms with Crippen LogP contribution in [0.5, 0.6) is 0 Å². The van der Waals surface area contributed by atoms with Crippen LogP contribution >= 0.6 is 0 Å². The Morgan fingerprint density at radius 1 is 1.35 bits per heavy atom. The molecule has 1 aromatic carbocycles. The van der Waals surface area contributed by atoms with Gasteiger partial charge in [-0.05, 0) is 42.2 Å². The highest BCUT2D eigenvalue weighted by molar-refractivity contribution is 5.96. The number of nitrogens with zero attached hydrogens (tertiary/aromatic N) is 3. The highest BCUT2D eigenvalue weighted by Crippen LogP contribution is 2.29. The SMILES string of the molecule is Cn1cc(CCN2C(=O)CCc3cc(N)ccc32)cn1. The predicted octanol–water partition coefficient (Wildman–Crippen LogP) is 1.52. The highest BCUT2D eigenvalue weighted by atomic mass is 16.2. The zero-order valence-electron chi connectivity index (χ0n) is 11.5. The lowest BCUT2D eigenvalue weighted by Gasteiger charge is -2.29. The van der Waals surface area contributed by atoms with E-state index in [0.29, 0.717) is 13.0 Å². The van der Waals surface area contributed by atoms with Crippen molar-refractivity contribution in [1.29, 1.82) is 0 Å². The molecule has 0 radical (unpaired) electrons. The van der Waals surface area contributed by atoms with Crippen molar-refractivity contribution in [3.05, 3.63) is 41.7 Å². The maximum Gasteiger partial charge on any atom is 0.227 e. The largest absolute Gasteiger partial charge is 0.399 e. The van der Waals surface area contributed by atoms with Gasteiger partial charge in [-0.3, -0.25) is 9.48 Å². The zero-order chi connectivity index (χ0) is 14.1. The van der Waals surface area contributed by atoms with Crippen LogP contribution in [0.1, 0.15) is 17.5 Å². The molecule has 0 fully saturated rings. The topological polar surface area (TPSA) is 64.2 Å². The van der Waals surface area contributed by atoms with Crippen LogP contribution in [0.15, 0.2) is 30.6 Å². The fourth-order valence-electron chi connectivity index (χ4n) is 2.67. The molecule has 3 rings (SSSR count). The summed E-state index contributed by atoms with van der Waals surface area (Å²) < 4.78 is 1.78. The minimum atomic E-state index is 0.186. The first-order valence-electron chi connectivity index (χ1n) is 6.80. The van der Waals surface area contributed by atoms with Crippen molar-refractivity contribution in [2.24, 2.45) is 7.05 Å². The van der Waals surface area contributed by atoms with Crippen LogP contribution in [0.2, 0.25) is 0 Å². The number of nitrogens with two attached hydrogens (primary N) is 1. The van der Waals surface area contributed by atoms with Gasteiger partial charge in [-0.1, -0.05) is 0 Å². The first-order chi connectivity index (χ1) is 9.63. The van der Waals surface area contributed by atoms with Crippen molar-refractivity contribution in [2.45, 2.75) is 19.3 Å². The van der Waals surface area contributed by atoms with Gasteiger partial charge in [-0.15, -0.1) is 0 Å². The minimum Gasteiger partial charge on any atom is -0.399 e. The Hall–Kier alpha value is -2.30. The Kier molecular flexibility index (Phi) is 3.18. The predicted molar refractivity (Wildman–Crippen MR) is 78.4 cm³/mol. The lowest BCUT2D eigenvalue weighted by molar-refractivity contribution is -0.118. The van der Waals surface area contributed by atoms with E-state index in [-0.39, 0.29) is 5.91 Å². The number of anilines is 2. The first kappa shape index (κ1) is 12.7. The number of fused-ring (bicyclic) bond motifs is 1. The molecule has 5 heteroatoms. The van der Waals surface area contributed by atoms with Crippen molar-refractivity contribution in [3.63, 3.8) is 0 Å². The minimum absolute atomic E-state index is 0.186. The highest BCUT2D eigenvalue weighted by Gasteiger charge is 2.23. The quantitative estimate of drug-likeness (QED) is 0.860. The molecular weight excluding hydrogens is 252 g/mol. The van der Waals surface area contributed by atoms with Crippen LogP contribution in [-0.2, 0) is 24.7 Å². The third kappa shape index (κ3) is 2.39. The summed E-state index contributed by atoms with van der Waals surface area (Å²) in [6.07, 6.45) is 5.98. The third-order valence-corrected chi connectivity index (χ3v) is 3.69. The average Bonchev–Trinajstić information content (AvgIpc) is 2.83. The Morgan fingerprint density at radius 3 is 2.95 bits per heavy atom. The standard InChI is InChI=1S/C15H18N4O/c1-18-10-11(9-17-18)6-7-19-14-4-3-13(16)8-12(14)2-5-15(19)20/h3-4,8-10H,2,5-7,16H2,1H3. The molecule has 2 heterocycles. The first-order valence-corrected chi connectivity index (χ1v) is 6.80. The average molecular weight is 270 g/mol. The molecule has 0 aliphatic carbocycles. The van der Waals surface area contributed by atoms with Gasteiger partial charge in [-0.2, -0.15) is 5.10 Å². The van der Waals surface area contributed by atoms with Crippen molar-refractivity contribution >= 4 is 17.3 Å². The normalized spacial score (nSPS) is 14.4. The molecule has 20 heavy (non-hydrogen) atoms. The Morgan fingerprint density at radius 2 is 2.20 bits per heavy atom. The monoisotopic (exact) mass is 270 g/mol. The third-order valence-electron chi connectivity index (χ3n) is 3.69. The fraction of sp³-hybridized carbons (Fsp3) is 0.333. The van der Waals surface area contributed by atoms with Crippen LogP contribution in [-0.4, -0.2) is 22.2 Å². The molecule has 2 N–H and O–H groups in total. The van der Waals surface area contributed by atoms with Gasteiger partial charge >= 0.3 is 0 Å². The second kappa shape index (κ2) is 5.00. The molecule has 2 aromatic rings. The number of hydrogen-bond acceptors (Lipinski definition) is 3. The Balaban J connectivity index is 1.80. The van der Waals surface area contributed by atoms with E-state index in [9.17, 15) is 4.79 Å². The van der Waals surface area contributed by atoms with Gasteiger partial charge in [0.1, 0.15) is 0 Å². The Bertz CT molecular complexity index is 647. The number of aryl methyl sites for hydroxylation is 2. The smallest absolute Gasteiger partial charge is 0.227 e. The molecule has 0 atom stereocenters. The van der Waals surface area contributed by atoms with Crippen molar-refractivity contribution in [2.75, 3.05) is 17.2 Å². The molecule has 0 bridgehead atoms. The maximum atomic E-state index is 12.1.